The fraction of sp³-hybridized carbons (Fsp3) is 0.150. The second-order valence-electron chi connectivity index (χ2n) is 5.84. The third-order valence-electron chi connectivity index (χ3n) is 3.64. The van der Waals surface area contributed by atoms with E-state index in [0.29, 0.717) is 27.5 Å². The van der Waals surface area contributed by atoms with Gasteiger partial charge in [0.05, 0.1) is 22.9 Å². The molecule has 0 fully saturated rings. The average Bonchev–Trinajstić information content (AvgIpc) is 3.16. The maximum atomic E-state index is 12.4. The summed E-state index contributed by atoms with van der Waals surface area (Å²) in [7, 11) is 0. The molecule has 9 heteroatoms. The van der Waals surface area contributed by atoms with Crippen LogP contribution in [0.2, 0.25) is 0 Å². The number of esters is 1. The predicted molar refractivity (Wildman–Crippen MR) is 105 cm³/mol. The molecular formula is C20H16N4O4S. The van der Waals surface area contributed by atoms with Crippen molar-refractivity contribution in [1.29, 1.82) is 5.26 Å². The van der Waals surface area contributed by atoms with Crippen LogP contribution in [0.4, 0.5) is 5.69 Å². The van der Waals surface area contributed by atoms with Gasteiger partial charge in [-0.1, -0.05) is 23.4 Å². The molecule has 1 amide bonds. The van der Waals surface area contributed by atoms with E-state index in [-0.39, 0.29) is 24.2 Å². The number of carbonyl (C=O) groups is 2. The van der Waals surface area contributed by atoms with E-state index in [4.69, 9.17) is 14.5 Å². The number of ether oxygens (including phenoxy) is 1. The second-order valence-corrected chi connectivity index (χ2v) is 6.85. The highest BCUT2D eigenvalue weighted by atomic mass is 32.2. The number of nitriles is 1. The van der Waals surface area contributed by atoms with Crippen LogP contribution in [0.3, 0.4) is 0 Å². The largest absolute Gasteiger partial charge is 0.452 e. The van der Waals surface area contributed by atoms with Gasteiger partial charge >= 0.3 is 5.97 Å². The third kappa shape index (κ3) is 5.67. The van der Waals surface area contributed by atoms with E-state index >= 15 is 0 Å². The number of thioether (sulfide) groups is 1. The molecule has 0 spiro atoms. The van der Waals surface area contributed by atoms with Crippen molar-refractivity contribution in [2.24, 2.45) is 0 Å². The molecule has 146 valence electrons. The molecule has 0 bridgehead atoms. The summed E-state index contributed by atoms with van der Waals surface area (Å²) in [6, 6.07) is 15.5. The maximum Gasteiger partial charge on any atom is 0.339 e. The molecule has 0 aliphatic rings. The van der Waals surface area contributed by atoms with Gasteiger partial charge in [0.2, 0.25) is 5.91 Å². The molecule has 1 N–H and O–H groups in total. The summed E-state index contributed by atoms with van der Waals surface area (Å²) in [6.45, 7) is 1.54. The first kappa shape index (κ1) is 20.1. The minimum absolute atomic E-state index is 0.0872. The predicted octanol–water partition coefficient (Wildman–Crippen LogP) is 3.34. The molecular weight excluding hydrogens is 392 g/mol. The Morgan fingerprint density at radius 1 is 1.24 bits per heavy atom. The summed E-state index contributed by atoms with van der Waals surface area (Å²) < 4.78 is 10.1. The van der Waals surface area contributed by atoms with E-state index in [2.05, 4.69) is 15.5 Å². The first-order valence-corrected chi connectivity index (χ1v) is 9.52. The van der Waals surface area contributed by atoms with E-state index < -0.39 is 5.97 Å². The van der Waals surface area contributed by atoms with Gasteiger partial charge in [0.25, 0.3) is 5.89 Å². The van der Waals surface area contributed by atoms with Crippen LogP contribution < -0.4 is 5.32 Å². The topological polar surface area (TPSA) is 118 Å². The number of amides is 1. The Morgan fingerprint density at radius 2 is 2.07 bits per heavy atom. The monoisotopic (exact) mass is 408 g/mol. The molecule has 2 aromatic carbocycles. The third-order valence-corrected chi connectivity index (χ3v) is 4.71. The smallest absolute Gasteiger partial charge is 0.339 e. The summed E-state index contributed by atoms with van der Waals surface area (Å²) in [6.07, 6.45) is 0. The van der Waals surface area contributed by atoms with Gasteiger partial charge in [-0.3, -0.25) is 4.79 Å². The van der Waals surface area contributed by atoms with Gasteiger partial charge in [0.15, 0.2) is 12.4 Å². The molecule has 3 aromatic rings. The van der Waals surface area contributed by atoms with Crippen molar-refractivity contribution in [1.82, 2.24) is 10.1 Å². The highest BCUT2D eigenvalue weighted by Gasteiger charge is 2.16. The number of benzene rings is 2. The SMILES string of the molecule is Cc1noc(COC(=O)c2ccccc2SCC(=O)Nc2cccc(C#N)c2)n1. The van der Waals surface area contributed by atoms with Crippen molar-refractivity contribution < 1.29 is 18.8 Å². The number of hydrogen-bond acceptors (Lipinski definition) is 8. The molecule has 0 radical (unpaired) electrons. The quantitative estimate of drug-likeness (QED) is 0.467. The first-order chi connectivity index (χ1) is 14.0. The molecule has 0 unspecified atom stereocenters. The summed E-state index contributed by atoms with van der Waals surface area (Å²) in [4.78, 5) is 29.2. The minimum Gasteiger partial charge on any atom is -0.452 e. The van der Waals surface area contributed by atoms with E-state index in [0.717, 1.165) is 0 Å². The summed E-state index contributed by atoms with van der Waals surface area (Å²) >= 11 is 1.21. The lowest BCUT2D eigenvalue weighted by molar-refractivity contribution is -0.113. The van der Waals surface area contributed by atoms with Gasteiger partial charge in [-0.15, -0.1) is 11.8 Å². The second kappa shape index (κ2) is 9.52. The Morgan fingerprint density at radius 3 is 2.83 bits per heavy atom. The Hall–Kier alpha value is -3.64. The van der Waals surface area contributed by atoms with Crippen LogP contribution in [0.15, 0.2) is 57.9 Å². The fourth-order valence-electron chi connectivity index (χ4n) is 2.37. The fourth-order valence-corrected chi connectivity index (χ4v) is 3.21. The molecule has 1 heterocycles. The van der Waals surface area contributed by atoms with Gasteiger partial charge in [-0.25, -0.2) is 4.79 Å². The number of anilines is 1. The summed E-state index contributed by atoms with van der Waals surface area (Å²) in [5.74, 6) is -0.0526. The molecule has 0 atom stereocenters. The molecule has 1 aromatic heterocycles. The standard InChI is InChI=1S/C20H16N4O4S/c1-13-22-19(28-24-13)11-27-20(26)16-7-2-3-8-17(16)29-12-18(25)23-15-6-4-5-14(9-15)10-21/h2-9H,11-12H2,1H3,(H,23,25). The highest BCUT2D eigenvalue weighted by molar-refractivity contribution is 8.00. The van der Waals surface area contributed by atoms with E-state index in [1.165, 1.54) is 11.8 Å². The number of nitrogens with one attached hydrogen (secondary N) is 1. The molecule has 29 heavy (non-hydrogen) atoms. The Bertz CT molecular complexity index is 1070. The minimum atomic E-state index is -0.550. The molecule has 0 aliphatic carbocycles. The van der Waals surface area contributed by atoms with Crippen molar-refractivity contribution in [3.05, 3.63) is 71.4 Å². The summed E-state index contributed by atoms with van der Waals surface area (Å²) in [5.41, 5.74) is 1.34. The van der Waals surface area contributed by atoms with Crippen molar-refractivity contribution in [2.45, 2.75) is 18.4 Å². The van der Waals surface area contributed by atoms with Gasteiger partial charge < -0.3 is 14.6 Å². The molecule has 3 rings (SSSR count). The average molecular weight is 408 g/mol. The highest BCUT2D eigenvalue weighted by Crippen LogP contribution is 2.24. The van der Waals surface area contributed by atoms with Crippen LogP contribution in [0.25, 0.3) is 0 Å². The molecule has 0 saturated carbocycles. The molecule has 0 saturated heterocycles. The zero-order chi connectivity index (χ0) is 20.6. The zero-order valence-electron chi connectivity index (χ0n) is 15.4. The lowest BCUT2D eigenvalue weighted by atomic mass is 10.2. The van der Waals surface area contributed by atoms with Crippen LogP contribution in [0.1, 0.15) is 27.6 Å². The van der Waals surface area contributed by atoms with Crippen LogP contribution in [0, 0.1) is 18.3 Å². The van der Waals surface area contributed by atoms with Crippen LogP contribution in [-0.4, -0.2) is 27.8 Å². The van der Waals surface area contributed by atoms with Gasteiger partial charge in [0.1, 0.15) is 0 Å². The van der Waals surface area contributed by atoms with Gasteiger partial charge in [-0.2, -0.15) is 10.2 Å². The zero-order valence-corrected chi connectivity index (χ0v) is 16.2. The van der Waals surface area contributed by atoms with Crippen molar-refractivity contribution in [3.8, 4) is 6.07 Å². The van der Waals surface area contributed by atoms with Crippen molar-refractivity contribution in [2.75, 3.05) is 11.1 Å². The normalized spacial score (nSPS) is 10.2. The number of aryl methyl sites for hydroxylation is 1. The number of nitrogens with zero attached hydrogens (tertiary/aromatic N) is 3. The van der Waals surface area contributed by atoms with Crippen LogP contribution in [0.5, 0.6) is 0 Å². The Balaban J connectivity index is 1.58. The van der Waals surface area contributed by atoms with Crippen molar-refractivity contribution >= 4 is 29.3 Å². The van der Waals surface area contributed by atoms with Crippen LogP contribution in [-0.2, 0) is 16.1 Å². The lowest BCUT2D eigenvalue weighted by Crippen LogP contribution is -2.14. The number of rotatable bonds is 7. The van der Waals surface area contributed by atoms with Gasteiger partial charge in [0, 0.05) is 10.6 Å². The van der Waals surface area contributed by atoms with Crippen LogP contribution >= 0.6 is 11.8 Å². The Kier molecular flexibility index (Phi) is 6.60. The van der Waals surface area contributed by atoms with Crippen molar-refractivity contribution in [3.63, 3.8) is 0 Å². The van der Waals surface area contributed by atoms with Gasteiger partial charge in [-0.05, 0) is 37.3 Å². The molecule has 8 nitrogen and oxygen atoms in total. The lowest BCUT2D eigenvalue weighted by Gasteiger charge is -2.09. The first-order valence-electron chi connectivity index (χ1n) is 8.53. The maximum absolute atomic E-state index is 12.4. The van der Waals surface area contributed by atoms with E-state index in [1.807, 2.05) is 6.07 Å². The number of hydrogen-bond donors (Lipinski definition) is 1. The van der Waals surface area contributed by atoms with E-state index in [9.17, 15) is 9.59 Å². The number of carbonyl (C=O) groups excluding carboxylic acids is 2. The number of aromatic nitrogens is 2. The molecule has 0 aliphatic heterocycles. The Labute approximate surface area is 170 Å². The van der Waals surface area contributed by atoms with E-state index in [1.54, 1.807) is 55.5 Å². The summed E-state index contributed by atoms with van der Waals surface area (Å²) in [5, 5.41) is 15.3.